The van der Waals surface area contributed by atoms with Crippen LogP contribution in [0.4, 0.5) is 5.69 Å². The molecule has 7 nitrogen and oxygen atoms in total. The van der Waals surface area contributed by atoms with E-state index in [-0.39, 0.29) is 30.9 Å². The summed E-state index contributed by atoms with van der Waals surface area (Å²) in [5.41, 5.74) is 6.27. The van der Waals surface area contributed by atoms with Crippen molar-refractivity contribution in [2.75, 3.05) is 25.0 Å². The second-order valence-corrected chi connectivity index (χ2v) is 6.16. The van der Waals surface area contributed by atoms with Crippen molar-refractivity contribution in [2.24, 2.45) is 5.73 Å². The molecule has 0 aromatic heterocycles. The zero-order valence-corrected chi connectivity index (χ0v) is 15.2. The highest BCUT2D eigenvalue weighted by molar-refractivity contribution is 6.01. The molecule has 1 aromatic rings. The third-order valence-corrected chi connectivity index (χ3v) is 3.42. The molecule has 0 fully saturated rings. The average molecular weight is 351 g/mol. The van der Waals surface area contributed by atoms with E-state index in [1.807, 2.05) is 20.8 Å². The summed E-state index contributed by atoms with van der Waals surface area (Å²) in [5.74, 6) is -0.0681. The van der Waals surface area contributed by atoms with Crippen molar-refractivity contribution in [1.29, 1.82) is 0 Å². The lowest BCUT2D eigenvalue weighted by atomic mass is 10.1. The molecular formula is C18H29N3O4. The summed E-state index contributed by atoms with van der Waals surface area (Å²) < 4.78 is 5.58. The number of Topliss-reactive ketones (excluding diaryl/α,β-unsaturated/α-hetero) is 1. The van der Waals surface area contributed by atoms with Crippen LogP contribution in [0.25, 0.3) is 0 Å². The van der Waals surface area contributed by atoms with Gasteiger partial charge in [-0.3, -0.25) is 9.59 Å². The lowest BCUT2D eigenvalue weighted by Crippen LogP contribution is -2.35. The maximum Gasteiger partial charge on any atom is 0.224 e. The van der Waals surface area contributed by atoms with Crippen LogP contribution in [-0.2, 0) is 4.79 Å². The van der Waals surface area contributed by atoms with E-state index in [0.717, 1.165) is 6.42 Å². The van der Waals surface area contributed by atoms with Crippen molar-refractivity contribution >= 4 is 17.4 Å². The van der Waals surface area contributed by atoms with Crippen LogP contribution in [-0.4, -0.2) is 48.6 Å². The Hall–Kier alpha value is -1.96. The molecule has 1 aromatic carbocycles. The Balaban J connectivity index is 2.80. The van der Waals surface area contributed by atoms with Gasteiger partial charge in [-0.1, -0.05) is 20.8 Å². The van der Waals surface area contributed by atoms with Gasteiger partial charge >= 0.3 is 0 Å². The number of nitrogens with one attached hydrogen (secondary N) is 2. The molecule has 0 bridgehead atoms. The van der Waals surface area contributed by atoms with Crippen LogP contribution in [0.1, 0.15) is 44.0 Å². The number of carbonyl (C=O) groups is 2. The van der Waals surface area contributed by atoms with Gasteiger partial charge in [0.2, 0.25) is 5.91 Å². The van der Waals surface area contributed by atoms with E-state index >= 15 is 0 Å². The van der Waals surface area contributed by atoms with Gasteiger partial charge in [-0.15, -0.1) is 0 Å². The minimum Gasteiger partial charge on any atom is -0.490 e. The van der Waals surface area contributed by atoms with E-state index in [0.29, 0.717) is 30.0 Å². The monoisotopic (exact) mass is 351 g/mol. The number of hydrogen-bond donors (Lipinski definition) is 4. The fraction of sp³-hybridized carbons (Fsp3) is 0.556. The number of ketones is 1. The molecule has 5 N–H and O–H groups in total. The molecule has 0 saturated heterocycles. The van der Waals surface area contributed by atoms with E-state index in [2.05, 4.69) is 10.6 Å². The van der Waals surface area contributed by atoms with Crippen LogP contribution in [0.5, 0.6) is 5.75 Å². The first-order chi connectivity index (χ1) is 11.9. The summed E-state index contributed by atoms with van der Waals surface area (Å²) in [6.45, 7) is 6.16. The molecule has 0 aliphatic carbocycles. The summed E-state index contributed by atoms with van der Waals surface area (Å²) in [7, 11) is 0. The highest BCUT2D eigenvalue weighted by atomic mass is 16.5. The lowest BCUT2D eigenvalue weighted by Gasteiger charge is -2.17. The summed E-state index contributed by atoms with van der Waals surface area (Å²) in [5, 5.41) is 15.8. The van der Waals surface area contributed by atoms with Crippen LogP contribution in [0.15, 0.2) is 18.2 Å². The van der Waals surface area contributed by atoms with Crippen molar-refractivity contribution in [2.45, 2.75) is 45.8 Å². The van der Waals surface area contributed by atoms with Gasteiger partial charge in [-0.2, -0.15) is 0 Å². The third kappa shape index (κ3) is 7.64. The van der Waals surface area contributed by atoms with Gasteiger partial charge in [0, 0.05) is 24.7 Å². The predicted molar refractivity (Wildman–Crippen MR) is 98.0 cm³/mol. The molecule has 0 spiro atoms. The predicted octanol–water partition coefficient (Wildman–Crippen LogP) is 1.30. The molecular weight excluding hydrogens is 322 g/mol. The zero-order valence-electron chi connectivity index (χ0n) is 15.2. The number of nitrogens with two attached hydrogens (primary N) is 1. The van der Waals surface area contributed by atoms with E-state index in [4.69, 9.17) is 10.5 Å². The van der Waals surface area contributed by atoms with Crippen molar-refractivity contribution in [3.63, 3.8) is 0 Å². The van der Waals surface area contributed by atoms with E-state index in [9.17, 15) is 14.7 Å². The van der Waals surface area contributed by atoms with Gasteiger partial charge in [0.05, 0.1) is 12.1 Å². The first-order valence-electron chi connectivity index (χ1n) is 8.58. The standard InChI is InChI=1S/C18H29N3O4/c1-4-5-18(24)21-13-6-7-17(15(8-13)16(23)9-19)25-11-14(22)10-20-12(2)3/h6-8,12,14,20,22H,4-5,9-11,19H2,1-3H3,(H,21,24). The number of anilines is 1. The third-order valence-electron chi connectivity index (χ3n) is 3.42. The van der Waals surface area contributed by atoms with E-state index in [1.165, 1.54) is 0 Å². The molecule has 0 aliphatic heterocycles. The smallest absolute Gasteiger partial charge is 0.224 e. The number of carbonyl (C=O) groups excluding carboxylic acids is 2. The second-order valence-electron chi connectivity index (χ2n) is 6.16. The van der Waals surface area contributed by atoms with Crippen molar-refractivity contribution < 1.29 is 19.4 Å². The molecule has 0 radical (unpaired) electrons. The molecule has 0 aliphatic rings. The SMILES string of the molecule is CCCC(=O)Nc1ccc(OCC(O)CNC(C)C)c(C(=O)CN)c1. The number of ether oxygens (including phenoxy) is 1. The number of benzene rings is 1. The van der Waals surface area contributed by atoms with Gasteiger partial charge in [-0.25, -0.2) is 0 Å². The van der Waals surface area contributed by atoms with Gasteiger partial charge in [0.25, 0.3) is 0 Å². The molecule has 1 atom stereocenters. The highest BCUT2D eigenvalue weighted by Crippen LogP contribution is 2.24. The summed E-state index contributed by atoms with van der Waals surface area (Å²) >= 11 is 0. The van der Waals surface area contributed by atoms with E-state index < -0.39 is 6.10 Å². The number of amides is 1. The molecule has 25 heavy (non-hydrogen) atoms. The van der Waals surface area contributed by atoms with E-state index in [1.54, 1.807) is 18.2 Å². The Labute approximate surface area is 148 Å². The molecule has 0 saturated carbocycles. The summed E-state index contributed by atoms with van der Waals surface area (Å²) in [6, 6.07) is 5.08. The van der Waals surface area contributed by atoms with Crippen LogP contribution in [0.2, 0.25) is 0 Å². The largest absolute Gasteiger partial charge is 0.490 e. The van der Waals surface area contributed by atoms with Crippen LogP contribution < -0.4 is 21.1 Å². The molecule has 140 valence electrons. The highest BCUT2D eigenvalue weighted by Gasteiger charge is 2.15. The fourth-order valence-corrected chi connectivity index (χ4v) is 2.13. The van der Waals surface area contributed by atoms with Gasteiger partial charge < -0.3 is 26.2 Å². The average Bonchev–Trinajstić information content (AvgIpc) is 2.58. The van der Waals surface area contributed by atoms with Crippen LogP contribution >= 0.6 is 0 Å². The molecule has 7 heteroatoms. The fourth-order valence-electron chi connectivity index (χ4n) is 2.13. The molecule has 1 unspecified atom stereocenters. The molecule has 1 rings (SSSR count). The van der Waals surface area contributed by atoms with Crippen molar-refractivity contribution in [1.82, 2.24) is 5.32 Å². The van der Waals surface area contributed by atoms with Crippen LogP contribution in [0, 0.1) is 0 Å². The summed E-state index contributed by atoms with van der Waals surface area (Å²) in [4.78, 5) is 23.8. The quantitative estimate of drug-likeness (QED) is 0.447. The van der Waals surface area contributed by atoms with Crippen LogP contribution in [0.3, 0.4) is 0 Å². The molecule has 1 amide bonds. The Morgan fingerprint density at radius 3 is 2.64 bits per heavy atom. The summed E-state index contributed by atoms with van der Waals surface area (Å²) in [6.07, 6.45) is 0.448. The van der Waals surface area contributed by atoms with Gasteiger partial charge in [-0.05, 0) is 24.6 Å². The van der Waals surface area contributed by atoms with Crippen molar-refractivity contribution in [3.05, 3.63) is 23.8 Å². The number of rotatable bonds is 11. The normalized spacial score (nSPS) is 12.1. The topological polar surface area (TPSA) is 114 Å². The first-order valence-corrected chi connectivity index (χ1v) is 8.58. The van der Waals surface area contributed by atoms with Gasteiger partial charge in [0.1, 0.15) is 18.5 Å². The Morgan fingerprint density at radius 1 is 1.32 bits per heavy atom. The Bertz CT molecular complexity index is 575. The minimum atomic E-state index is -0.702. The maximum atomic E-state index is 12.1. The Morgan fingerprint density at radius 2 is 2.04 bits per heavy atom. The minimum absolute atomic E-state index is 0.0477. The van der Waals surface area contributed by atoms with Crippen molar-refractivity contribution in [3.8, 4) is 5.75 Å². The first kappa shape index (κ1) is 21.1. The number of aliphatic hydroxyl groups excluding tert-OH is 1. The number of hydrogen-bond acceptors (Lipinski definition) is 6. The lowest BCUT2D eigenvalue weighted by molar-refractivity contribution is -0.116. The Kier molecular flexibility index (Phi) is 9.12. The van der Waals surface area contributed by atoms with Gasteiger partial charge in [0.15, 0.2) is 5.78 Å². The second kappa shape index (κ2) is 10.8. The molecule has 0 heterocycles. The maximum absolute atomic E-state index is 12.1. The zero-order chi connectivity index (χ0) is 18.8. The number of aliphatic hydroxyl groups is 1.